The van der Waals surface area contributed by atoms with Crippen molar-refractivity contribution in [2.24, 2.45) is 35.2 Å². The maximum absolute atomic E-state index is 13.0. The van der Waals surface area contributed by atoms with Crippen LogP contribution >= 0.6 is 56.7 Å². The third-order valence-corrected chi connectivity index (χ3v) is 25.8. The summed E-state index contributed by atoms with van der Waals surface area (Å²) < 4.78 is 203. The molecule has 5 amide bonds. The van der Waals surface area contributed by atoms with E-state index in [9.17, 15) is 94.9 Å². The number of nitrogens with zero attached hydrogens (tertiary/aromatic N) is 15. The number of para-hydroxylation sites is 1. The van der Waals surface area contributed by atoms with E-state index in [0.29, 0.717) is 88.0 Å². The van der Waals surface area contributed by atoms with Crippen molar-refractivity contribution >= 4 is 91.9 Å². The van der Waals surface area contributed by atoms with E-state index in [1.54, 1.807) is 92.2 Å². The Hall–Kier alpha value is -10.8. The zero-order valence-electron chi connectivity index (χ0n) is 71.8. The normalized spacial score (nSPS) is 14.5. The number of aryl methyl sites for hydroxylation is 5. The second kappa shape index (κ2) is 43.3. The molecule has 0 bridgehead atoms. The van der Waals surface area contributed by atoms with Gasteiger partial charge >= 0.3 is 30.9 Å². The quantitative estimate of drug-likeness (QED) is 0.0626. The molecule has 0 spiro atoms. The molecule has 2 aliphatic rings. The van der Waals surface area contributed by atoms with Gasteiger partial charge in [-0.2, -0.15) is 91.3 Å². The van der Waals surface area contributed by atoms with Gasteiger partial charge in [-0.05, 0) is 162 Å². The van der Waals surface area contributed by atoms with Crippen molar-refractivity contribution in [1.29, 1.82) is 0 Å². The maximum Gasteiger partial charge on any atom is 0.433 e. The van der Waals surface area contributed by atoms with Crippen LogP contribution in [0.2, 0.25) is 0 Å². The first kappa shape index (κ1) is 100. The fourth-order valence-corrected chi connectivity index (χ4v) is 18.8. The van der Waals surface area contributed by atoms with Crippen LogP contribution in [0.3, 0.4) is 0 Å². The number of thiophene rings is 5. The zero-order valence-corrected chi connectivity index (χ0v) is 75.9. The molecule has 14 rings (SSSR count). The molecule has 0 radical (unpaired) electrons. The largest absolute Gasteiger partial charge is 0.433 e. The summed E-state index contributed by atoms with van der Waals surface area (Å²) in [4.78, 5) is 76.9. The number of likely N-dealkylation sites (N-methyl/N-ethyl adjacent to an activating group) is 1. The van der Waals surface area contributed by atoms with Crippen molar-refractivity contribution in [3.8, 4) is 52.9 Å². The van der Waals surface area contributed by atoms with E-state index in [2.05, 4.69) is 25.5 Å². The van der Waals surface area contributed by atoms with Crippen molar-refractivity contribution < 1.29 is 99.7 Å². The van der Waals surface area contributed by atoms with Crippen molar-refractivity contribution in [3.63, 3.8) is 0 Å². The lowest BCUT2D eigenvalue weighted by molar-refractivity contribution is -0.144. The zero-order chi connectivity index (χ0) is 94.4. The van der Waals surface area contributed by atoms with Crippen LogP contribution in [-0.4, -0.2) is 181 Å². The van der Waals surface area contributed by atoms with Gasteiger partial charge in [-0.1, -0.05) is 81.6 Å². The molecule has 1 N–H and O–H groups in total. The van der Waals surface area contributed by atoms with Gasteiger partial charge in [0.2, 0.25) is 0 Å². The number of carbonyl (C=O) groups is 5. The van der Waals surface area contributed by atoms with Crippen LogP contribution in [0.5, 0.6) is 0 Å². The number of aliphatic hydroxyl groups is 1. The van der Waals surface area contributed by atoms with E-state index in [1.807, 2.05) is 95.3 Å². The molecule has 1 aliphatic carbocycles. The minimum absolute atomic E-state index is 0.0442. The first-order valence-electron chi connectivity index (χ1n) is 40.7. The Morgan fingerprint density at radius 1 is 0.419 bits per heavy atom. The second-order valence-electron chi connectivity index (χ2n) is 30.1. The molecule has 42 heteroatoms. The van der Waals surface area contributed by atoms with Crippen LogP contribution in [0.15, 0.2) is 152 Å². The maximum atomic E-state index is 13.0. The van der Waals surface area contributed by atoms with E-state index in [-0.39, 0.29) is 89.4 Å². The Kier molecular flexibility index (Phi) is 33.7. The number of anilines is 1. The highest BCUT2D eigenvalue weighted by atomic mass is 32.1. The highest BCUT2D eigenvalue weighted by Crippen LogP contribution is 2.42. The van der Waals surface area contributed by atoms with Crippen LogP contribution < -0.4 is 4.90 Å². The van der Waals surface area contributed by atoms with Crippen LogP contribution in [0.25, 0.3) is 52.9 Å². The molecule has 1 saturated heterocycles. The van der Waals surface area contributed by atoms with Crippen LogP contribution in [0.1, 0.15) is 162 Å². The van der Waals surface area contributed by atoms with Gasteiger partial charge in [-0.15, -0.1) is 56.7 Å². The number of carbonyl (C=O) groups excluding carboxylic acids is 5. The van der Waals surface area contributed by atoms with E-state index < -0.39 is 59.4 Å². The number of aromatic nitrogens is 10. The van der Waals surface area contributed by atoms with Gasteiger partial charge in [-0.3, -0.25) is 47.4 Å². The monoisotopic (exact) mass is 1910 g/mol. The lowest BCUT2D eigenvalue weighted by Gasteiger charge is -2.35. The Morgan fingerprint density at radius 3 is 1.09 bits per heavy atom. The Balaban J connectivity index is 0.000000168. The summed E-state index contributed by atoms with van der Waals surface area (Å²) in [6.45, 7) is 13.2. The van der Waals surface area contributed by atoms with E-state index >= 15 is 0 Å². The Morgan fingerprint density at radius 2 is 0.752 bits per heavy atom. The van der Waals surface area contributed by atoms with Gasteiger partial charge in [0.1, 0.15) is 56.9 Å². The molecule has 2 atom stereocenters. The van der Waals surface area contributed by atoms with Crippen molar-refractivity contribution in [2.75, 3.05) is 64.4 Å². The van der Waals surface area contributed by atoms with Gasteiger partial charge in [0.25, 0.3) is 29.5 Å². The van der Waals surface area contributed by atoms with Crippen molar-refractivity contribution in [2.45, 2.75) is 135 Å². The molecule has 22 nitrogen and oxygen atoms in total. The third kappa shape index (κ3) is 26.1. The van der Waals surface area contributed by atoms with Crippen LogP contribution in [-0.2, 0) is 77.3 Å². The molecule has 1 aliphatic heterocycles. The molecular formula is C87H94F15N15O7S5. The number of rotatable bonds is 22. The fourth-order valence-electron chi connectivity index (χ4n) is 14.2. The van der Waals surface area contributed by atoms with Gasteiger partial charge in [0, 0.05) is 99.8 Å². The number of hydrogen-bond acceptors (Lipinski definition) is 17. The van der Waals surface area contributed by atoms with E-state index in [0.717, 1.165) is 173 Å². The van der Waals surface area contributed by atoms with Crippen LogP contribution in [0, 0.1) is 0 Å². The first-order valence-corrected chi connectivity index (χ1v) is 44.8. The minimum atomic E-state index is -4.48. The SMILES string of the molecule is CC1CN(C(=O)c2ccc(-c3cc(C(F)(F)F)n(C)n3)s2)CC(C)O1.CCCN(C(=O)c1ccc(-c2cc(C(F)(F)F)n(C)n2)s1)c1ccccc1.CCCN(CC)C(=O)c1ccc(-c2cc(C(F)(F)F)n(C)n2)s1.CN(CCc1ccccc1)C(=O)c1ccc(-c2cc(C(F)(F)F)n(C)n2)s1.Cn1nc(-c2ccc(C(=O)N(CCO)C3CCCCC3)s2)cc1C(F)(F)F. The Labute approximate surface area is 753 Å². The first-order chi connectivity index (χ1) is 60.8. The predicted octanol–water partition coefficient (Wildman–Crippen LogP) is 21.1. The molecule has 2 fully saturated rings. The van der Waals surface area contributed by atoms with E-state index in [1.165, 1.54) is 35.2 Å². The van der Waals surface area contributed by atoms with Crippen molar-refractivity contribution in [1.82, 2.24) is 68.5 Å². The summed E-state index contributed by atoms with van der Waals surface area (Å²) >= 11 is 5.72. The number of amides is 5. The summed E-state index contributed by atoms with van der Waals surface area (Å²) in [5.41, 5.74) is -1.14. The molecule has 2 aromatic carbocycles. The number of alkyl halides is 15. The average Bonchev–Trinajstić information content (AvgIpc) is 1.66. The molecule has 2 unspecified atom stereocenters. The summed E-state index contributed by atoms with van der Waals surface area (Å²) in [7, 11) is 7.98. The number of ether oxygens (including phenoxy) is 1. The summed E-state index contributed by atoms with van der Waals surface area (Å²) in [6.07, 6.45) is -14.9. The van der Waals surface area contributed by atoms with Gasteiger partial charge in [0.15, 0.2) is 0 Å². The highest BCUT2D eigenvalue weighted by Gasteiger charge is 2.41. The van der Waals surface area contributed by atoms with E-state index in [4.69, 9.17) is 4.74 Å². The minimum Gasteiger partial charge on any atom is -0.395 e. The standard InChI is InChI=1S/2C19H18F3N3OS.C18H22F3N3O2S.C16H18F3N3O2S.C15H18F3N3OS/c1-24(11-10-13-6-4-3-5-7-13)18(26)16-9-8-15(27-16)14-12-17(19(20,21)22)25(2)23-14;1-3-11-25(13-7-5-4-6-8-13)18(26)16-10-9-15(27-16)14-12-17(19(20,21)22)24(2)23-14;1-23-16(18(19,20)21)11-13(22-23)14-7-8-15(27-14)17(26)24(9-10-25)12-5-3-2-4-6-12;1-9-7-22(8-10(2)24-9)15(23)13-5-4-12(25-13)11-6-14(16(17,18)19)21(3)20-11;1-4-8-21(5-2)14(22)12-7-6-11(23-12)10-9-13(15(16,17)18)20(3)19-10/h3-9,12H,10-11H2,1-2H3;4-10,12H,3,11H2,1-2H3;7-8,11-12,25H,2-6,9-10H2,1H3;4-6,9-10H,7-8H2,1-3H3;6-7,9H,4-5,8H2,1-3H3. The molecule has 12 aromatic rings. The number of halogens is 15. The lowest BCUT2D eigenvalue weighted by atomic mass is 9.94. The molecule has 11 heterocycles. The third-order valence-electron chi connectivity index (χ3n) is 20.4. The van der Waals surface area contributed by atoms with Gasteiger partial charge in [0.05, 0.1) is 67.6 Å². The molecule has 1 saturated carbocycles. The van der Waals surface area contributed by atoms with Crippen molar-refractivity contribution in [3.05, 3.63) is 210 Å². The second-order valence-corrected chi connectivity index (χ2v) is 35.5. The highest BCUT2D eigenvalue weighted by molar-refractivity contribution is 7.18. The average molecular weight is 1910 g/mol. The fraction of sp³-hybridized carbons (Fsp3) is 0.402. The topological polar surface area (TPSA) is 220 Å². The van der Waals surface area contributed by atoms with Gasteiger partial charge < -0.3 is 34.3 Å². The summed E-state index contributed by atoms with van der Waals surface area (Å²) in [5.74, 6) is -0.748. The smallest absolute Gasteiger partial charge is 0.395 e. The summed E-state index contributed by atoms with van der Waals surface area (Å²) in [5, 5.41) is 29.0. The molecular weight excluding hydrogens is 1810 g/mol. The summed E-state index contributed by atoms with van der Waals surface area (Å²) in [6, 6.07) is 40.6. The van der Waals surface area contributed by atoms with Crippen LogP contribution in [0.4, 0.5) is 71.5 Å². The molecule has 694 valence electrons. The lowest BCUT2D eigenvalue weighted by Crippen LogP contribution is -2.48. The molecule has 129 heavy (non-hydrogen) atoms. The number of benzene rings is 2. The van der Waals surface area contributed by atoms with Gasteiger partial charge in [-0.25, -0.2) is 0 Å². The predicted molar refractivity (Wildman–Crippen MR) is 466 cm³/mol. The number of hydrogen-bond donors (Lipinski definition) is 1. The number of aliphatic hydroxyl groups excluding tert-OH is 1. The molecule has 10 aromatic heterocycles. The number of morpholine rings is 1. The Bertz CT molecular complexity index is 5720.